The average Bonchev–Trinajstić information content (AvgIpc) is 2.78. The number of benzene rings is 3. The molecule has 0 aliphatic heterocycles. The van der Waals surface area contributed by atoms with E-state index in [-0.39, 0.29) is 10.6 Å². The minimum atomic E-state index is -4.10. The number of methoxy groups -OCH3 is 1. The number of hydrazone groups is 1. The summed E-state index contributed by atoms with van der Waals surface area (Å²) >= 11 is 3.35. The van der Waals surface area contributed by atoms with Crippen molar-refractivity contribution in [2.75, 3.05) is 18.0 Å². The molecule has 33 heavy (non-hydrogen) atoms. The van der Waals surface area contributed by atoms with Crippen molar-refractivity contribution in [3.05, 3.63) is 88.1 Å². The van der Waals surface area contributed by atoms with Crippen molar-refractivity contribution in [3.63, 3.8) is 0 Å². The second kappa shape index (κ2) is 10.6. The number of sulfonamides is 1. The van der Waals surface area contributed by atoms with Gasteiger partial charge in [0.2, 0.25) is 0 Å². The summed E-state index contributed by atoms with van der Waals surface area (Å²) in [7, 11) is -2.59. The molecule has 0 saturated carbocycles. The van der Waals surface area contributed by atoms with Crippen LogP contribution in [0.5, 0.6) is 5.75 Å². The first-order chi connectivity index (χ1) is 15.7. The number of hydrogen-bond acceptors (Lipinski definition) is 5. The van der Waals surface area contributed by atoms with Crippen molar-refractivity contribution in [3.8, 4) is 5.75 Å². The van der Waals surface area contributed by atoms with E-state index >= 15 is 0 Å². The van der Waals surface area contributed by atoms with Crippen LogP contribution < -0.4 is 14.5 Å². The van der Waals surface area contributed by atoms with Gasteiger partial charge in [0.15, 0.2) is 0 Å². The van der Waals surface area contributed by atoms with Gasteiger partial charge < -0.3 is 4.74 Å². The van der Waals surface area contributed by atoms with Crippen LogP contribution in [0.1, 0.15) is 11.1 Å². The third kappa shape index (κ3) is 6.17. The zero-order valence-electron chi connectivity index (χ0n) is 17.8. The van der Waals surface area contributed by atoms with E-state index < -0.39 is 28.3 Å². The molecular weight excluding hydrogens is 513 g/mol. The van der Waals surface area contributed by atoms with Crippen LogP contribution >= 0.6 is 15.9 Å². The Morgan fingerprint density at radius 1 is 1.12 bits per heavy atom. The molecule has 3 rings (SSSR count). The first-order valence-electron chi connectivity index (χ1n) is 9.71. The Balaban J connectivity index is 1.84. The zero-order valence-corrected chi connectivity index (χ0v) is 20.2. The smallest absolute Gasteiger partial charge is 0.264 e. The molecule has 0 unspecified atom stereocenters. The van der Waals surface area contributed by atoms with Crippen LogP contribution in [-0.4, -0.2) is 34.2 Å². The van der Waals surface area contributed by atoms with E-state index in [4.69, 9.17) is 4.74 Å². The summed E-state index contributed by atoms with van der Waals surface area (Å²) in [6.45, 7) is 1.27. The monoisotopic (exact) mass is 533 g/mol. The number of amides is 1. The van der Waals surface area contributed by atoms with E-state index in [1.807, 2.05) is 6.92 Å². The van der Waals surface area contributed by atoms with Gasteiger partial charge in [-0.05, 0) is 61.5 Å². The topological polar surface area (TPSA) is 88.1 Å². The number of ether oxygens (including phenoxy) is 1. The maximum absolute atomic E-state index is 13.4. The van der Waals surface area contributed by atoms with Crippen molar-refractivity contribution in [2.45, 2.75) is 11.8 Å². The van der Waals surface area contributed by atoms with Crippen LogP contribution in [0, 0.1) is 12.7 Å². The van der Waals surface area contributed by atoms with Crippen LogP contribution in [-0.2, 0) is 14.8 Å². The fourth-order valence-electron chi connectivity index (χ4n) is 2.91. The number of anilines is 1. The molecule has 0 aliphatic carbocycles. The van der Waals surface area contributed by atoms with Crippen LogP contribution in [0.15, 0.2) is 81.2 Å². The van der Waals surface area contributed by atoms with Gasteiger partial charge >= 0.3 is 0 Å². The van der Waals surface area contributed by atoms with Crippen LogP contribution in [0.2, 0.25) is 0 Å². The molecule has 0 radical (unpaired) electrons. The summed E-state index contributed by atoms with van der Waals surface area (Å²) in [5, 5.41) is 3.91. The van der Waals surface area contributed by atoms with Gasteiger partial charge in [0.25, 0.3) is 15.9 Å². The minimum absolute atomic E-state index is 0.00704. The third-order valence-corrected chi connectivity index (χ3v) is 6.88. The Hall–Kier alpha value is -3.24. The summed E-state index contributed by atoms with van der Waals surface area (Å²) in [5.74, 6) is -0.658. The maximum atomic E-state index is 13.4. The van der Waals surface area contributed by atoms with Gasteiger partial charge in [0.1, 0.15) is 18.1 Å². The highest BCUT2D eigenvalue weighted by Gasteiger charge is 2.27. The maximum Gasteiger partial charge on any atom is 0.264 e. The Morgan fingerprint density at radius 2 is 1.79 bits per heavy atom. The molecule has 0 atom stereocenters. The fraction of sp³-hybridized carbons (Fsp3) is 0.130. The quantitative estimate of drug-likeness (QED) is 0.346. The van der Waals surface area contributed by atoms with Gasteiger partial charge in [-0.25, -0.2) is 18.2 Å². The zero-order chi connectivity index (χ0) is 24.0. The lowest BCUT2D eigenvalue weighted by molar-refractivity contribution is -0.119. The van der Waals surface area contributed by atoms with Gasteiger partial charge in [-0.2, -0.15) is 5.10 Å². The van der Waals surface area contributed by atoms with Crippen LogP contribution in [0.25, 0.3) is 0 Å². The molecule has 3 aromatic rings. The lowest BCUT2D eigenvalue weighted by Gasteiger charge is -2.23. The number of hydrogen-bond donors (Lipinski definition) is 1. The second-order valence-corrected chi connectivity index (χ2v) is 9.76. The number of rotatable bonds is 8. The predicted octanol–water partition coefficient (Wildman–Crippen LogP) is 4.25. The minimum Gasteiger partial charge on any atom is -0.496 e. The molecule has 0 saturated heterocycles. The largest absolute Gasteiger partial charge is 0.496 e. The second-order valence-electron chi connectivity index (χ2n) is 6.98. The molecule has 172 valence electrons. The average molecular weight is 534 g/mol. The Kier molecular flexibility index (Phi) is 7.83. The summed E-state index contributed by atoms with van der Waals surface area (Å²) in [4.78, 5) is 12.6. The Morgan fingerprint density at radius 3 is 2.42 bits per heavy atom. The molecule has 0 aromatic heterocycles. The van der Waals surface area contributed by atoms with Crippen molar-refractivity contribution in [1.29, 1.82) is 0 Å². The van der Waals surface area contributed by atoms with Crippen molar-refractivity contribution in [2.24, 2.45) is 5.10 Å². The summed E-state index contributed by atoms with van der Waals surface area (Å²) < 4.78 is 46.9. The van der Waals surface area contributed by atoms with E-state index in [0.29, 0.717) is 11.3 Å². The predicted molar refractivity (Wildman–Crippen MR) is 129 cm³/mol. The normalized spacial score (nSPS) is 11.4. The summed E-state index contributed by atoms with van der Waals surface area (Å²) in [6, 6.07) is 16.4. The third-order valence-electron chi connectivity index (χ3n) is 4.60. The van der Waals surface area contributed by atoms with Gasteiger partial charge in [-0.1, -0.05) is 33.6 Å². The van der Waals surface area contributed by atoms with Crippen LogP contribution in [0.4, 0.5) is 10.1 Å². The number of nitrogens with one attached hydrogen (secondary N) is 1. The summed E-state index contributed by atoms with van der Waals surface area (Å²) in [6.07, 6.45) is 1.39. The van der Waals surface area contributed by atoms with Gasteiger partial charge in [0, 0.05) is 10.0 Å². The molecule has 0 heterocycles. The van der Waals surface area contributed by atoms with Gasteiger partial charge in [0.05, 0.1) is 23.9 Å². The van der Waals surface area contributed by atoms with E-state index in [9.17, 15) is 17.6 Å². The Labute approximate surface area is 200 Å². The molecule has 0 bridgehead atoms. The number of halogens is 2. The van der Waals surface area contributed by atoms with Crippen molar-refractivity contribution in [1.82, 2.24) is 5.43 Å². The van der Waals surface area contributed by atoms with Gasteiger partial charge in [-0.3, -0.25) is 9.10 Å². The molecule has 3 aromatic carbocycles. The van der Waals surface area contributed by atoms with E-state index in [2.05, 4.69) is 26.5 Å². The molecule has 7 nitrogen and oxygen atoms in total. The lowest BCUT2D eigenvalue weighted by atomic mass is 10.2. The molecular formula is C23H21BrFN3O4S. The van der Waals surface area contributed by atoms with E-state index in [0.717, 1.165) is 26.5 Å². The first-order valence-corrected chi connectivity index (χ1v) is 11.9. The van der Waals surface area contributed by atoms with Crippen LogP contribution in [0.3, 0.4) is 0 Å². The SMILES string of the molecule is COc1ccc(Br)cc1/C=N\NC(=O)CN(c1ccc(F)cc1)S(=O)(=O)c1ccc(C)cc1. The molecule has 1 amide bonds. The van der Waals surface area contributed by atoms with E-state index in [1.165, 1.54) is 37.6 Å². The van der Waals surface area contributed by atoms with Gasteiger partial charge in [-0.15, -0.1) is 0 Å². The summed E-state index contributed by atoms with van der Waals surface area (Å²) in [5.41, 5.74) is 3.96. The fourth-order valence-corrected chi connectivity index (χ4v) is 4.71. The van der Waals surface area contributed by atoms with Crippen molar-refractivity contribution >= 4 is 43.8 Å². The Bertz CT molecular complexity index is 1260. The van der Waals surface area contributed by atoms with Crippen molar-refractivity contribution < 1.29 is 22.3 Å². The standard InChI is InChI=1S/C23H21BrFN3O4S/c1-16-3-10-21(11-4-16)33(30,31)28(20-8-6-19(25)7-9-20)15-23(29)27-26-14-17-13-18(24)5-12-22(17)32-2/h3-14H,15H2,1-2H3,(H,27,29)/b26-14-. The highest BCUT2D eigenvalue weighted by molar-refractivity contribution is 9.10. The number of carbonyl (C=O) groups is 1. The number of carbonyl (C=O) groups excluding carboxylic acids is 1. The molecule has 0 spiro atoms. The number of aryl methyl sites for hydroxylation is 1. The van der Waals surface area contributed by atoms with E-state index in [1.54, 1.807) is 30.3 Å². The molecule has 0 aliphatic rings. The molecule has 0 fully saturated rings. The number of nitrogens with zero attached hydrogens (tertiary/aromatic N) is 2. The molecule has 10 heteroatoms. The molecule has 1 N–H and O–H groups in total. The first kappa shape index (κ1) is 24.4. The highest BCUT2D eigenvalue weighted by Crippen LogP contribution is 2.24. The highest BCUT2D eigenvalue weighted by atomic mass is 79.9. The lowest BCUT2D eigenvalue weighted by Crippen LogP contribution is -2.39.